The predicted octanol–water partition coefficient (Wildman–Crippen LogP) is 14.0. The zero-order valence-electron chi connectivity index (χ0n) is 41.0. The first-order chi connectivity index (χ1) is 30.4. The molecule has 10 heteroatoms. The van der Waals surface area contributed by atoms with Crippen LogP contribution in [0.3, 0.4) is 0 Å². The van der Waals surface area contributed by atoms with Gasteiger partial charge < -0.3 is 33.3 Å². The molecule has 0 fully saturated rings. The van der Waals surface area contributed by atoms with Crippen molar-refractivity contribution in [2.24, 2.45) is 5.92 Å². The van der Waals surface area contributed by atoms with Gasteiger partial charge >= 0.3 is 18.1 Å². The first-order valence-electron chi connectivity index (χ1n) is 25.8. The van der Waals surface area contributed by atoms with Gasteiger partial charge in [-0.15, -0.1) is 0 Å². The highest BCUT2D eigenvalue weighted by molar-refractivity contribution is 5.69. The van der Waals surface area contributed by atoms with Crippen LogP contribution in [0.2, 0.25) is 0 Å². The lowest BCUT2D eigenvalue weighted by atomic mass is 10.1. The van der Waals surface area contributed by atoms with Crippen LogP contribution in [0.1, 0.15) is 221 Å². The maximum absolute atomic E-state index is 12.9. The van der Waals surface area contributed by atoms with Crippen molar-refractivity contribution in [2.45, 2.75) is 227 Å². The van der Waals surface area contributed by atoms with Crippen molar-refractivity contribution in [3.8, 4) is 0 Å². The first-order valence-corrected chi connectivity index (χ1v) is 25.8. The van der Waals surface area contributed by atoms with E-state index < -0.39 is 12.1 Å². The van der Waals surface area contributed by atoms with Crippen molar-refractivity contribution < 1.29 is 42.8 Å². The third-order valence-electron chi connectivity index (χ3n) is 11.1. The molecule has 0 saturated carbocycles. The lowest BCUT2D eigenvalue weighted by Crippen LogP contribution is -2.27. The van der Waals surface area contributed by atoms with Gasteiger partial charge in [-0.25, -0.2) is 4.79 Å². The van der Waals surface area contributed by atoms with Gasteiger partial charge in [0.25, 0.3) is 0 Å². The van der Waals surface area contributed by atoms with Gasteiger partial charge in [0.1, 0.15) is 19.8 Å². The van der Waals surface area contributed by atoms with Crippen LogP contribution in [0, 0.1) is 5.92 Å². The Labute approximate surface area is 381 Å². The van der Waals surface area contributed by atoms with Gasteiger partial charge in [-0.05, 0) is 83.7 Å². The third-order valence-corrected chi connectivity index (χ3v) is 11.1. The molecule has 0 aromatic rings. The maximum atomic E-state index is 12.9. The minimum Gasteiger partial charge on any atom is -0.465 e. The lowest BCUT2D eigenvalue weighted by molar-refractivity contribution is -0.153. The molecular weight excluding hydrogens is 783 g/mol. The Kier molecular flexibility index (Phi) is 46.2. The molecular formula is C52H97NO9. The topological polar surface area (TPSA) is 110 Å². The second kappa shape index (κ2) is 48.0. The summed E-state index contributed by atoms with van der Waals surface area (Å²) in [5, 5.41) is 0. The Bertz CT molecular complexity index is 1050. The first kappa shape index (κ1) is 59.6. The van der Waals surface area contributed by atoms with Crippen molar-refractivity contribution >= 4 is 18.1 Å². The Hall–Kier alpha value is -2.43. The molecule has 0 amide bonds. The number of hydrogen-bond acceptors (Lipinski definition) is 10. The number of carbonyl (C=O) groups excluding carboxylic acids is 3. The number of nitrogens with zero attached hydrogens (tertiary/aromatic N) is 1. The van der Waals surface area contributed by atoms with Crippen LogP contribution < -0.4 is 0 Å². The molecule has 364 valence electrons. The van der Waals surface area contributed by atoms with E-state index >= 15 is 0 Å². The van der Waals surface area contributed by atoms with Gasteiger partial charge in [-0.1, -0.05) is 162 Å². The summed E-state index contributed by atoms with van der Waals surface area (Å²) < 4.78 is 34.2. The van der Waals surface area contributed by atoms with Crippen LogP contribution in [-0.2, 0) is 38.0 Å². The molecule has 10 nitrogen and oxygen atoms in total. The fraction of sp³-hybridized carbons (Fsp3) is 0.865. The molecule has 0 rings (SSSR count). The number of unbranched alkanes of at least 4 members (excludes halogenated alkanes) is 19. The van der Waals surface area contributed by atoms with Gasteiger partial charge in [-0.2, -0.15) is 0 Å². The molecule has 0 aromatic carbocycles. The summed E-state index contributed by atoms with van der Waals surface area (Å²) in [4.78, 5) is 40.2. The fourth-order valence-corrected chi connectivity index (χ4v) is 7.00. The Balaban J connectivity index is 4.81. The summed E-state index contributed by atoms with van der Waals surface area (Å²) in [6, 6.07) is 0. The molecule has 0 aliphatic carbocycles. The number of esters is 2. The SMILES string of the molecule is CCCCC/C=C\C/C=C\CCCCCCCC(=O)OCC(COC(=O)CCCC(OCCCCCCCC)OCCCCCCCCC)COC(=O)OCCCN(CC)CC. The van der Waals surface area contributed by atoms with E-state index in [-0.39, 0.29) is 51.1 Å². The van der Waals surface area contributed by atoms with Crippen molar-refractivity contribution in [1.82, 2.24) is 4.90 Å². The minimum absolute atomic E-state index is 0.0115. The van der Waals surface area contributed by atoms with Gasteiger partial charge in [0, 0.05) is 32.6 Å². The van der Waals surface area contributed by atoms with E-state index in [1.54, 1.807) is 0 Å². The van der Waals surface area contributed by atoms with E-state index in [0.717, 1.165) is 90.3 Å². The lowest BCUT2D eigenvalue weighted by Gasteiger charge is -2.19. The molecule has 62 heavy (non-hydrogen) atoms. The Morgan fingerprint density at radius 1 is 0.452 bits per heavy atom. The van der Waals surface area contributed by atoms with Crippen LogP contribution in [-0.4, -0.2) is 88.6 Å². The van der Waals surface area contributed by atoms with Gasteiger partial charge in [-0.3, -0.25) is 9.59 Å². The second-order valence-corrected chi connectivity index (χ2v) is 17.0. The van der Waals surface area contributed by atoms with Crippen LogP contribution in [0.15, 0.2) is 24.3 Å². The molecule has 0 aliphatic rings. The maximum Gasteiger partial charge on any atom is 0.508 e. The fourth-order valence-electron chi connectivity index (χ4n) is 7.00. The van der Waals surface area contributed by atoms with Gasteiger partial charge in [0.15, 0.2) is 6.29 Å². The zero-order valence-corrected chi connectivity index (χ0v) is 41.0. The number of allylic oxidation sites excluding steroid dienone is 4. The molecule has 0 aliphatic heterocycles. The molecule has 2 unspecified atom stereocenters. The van der Waals surface area contributed by atoms with Crippen LogP contribution in [0.5, 0.6) is 0 Å². The third kappa shape index (κ3) is 42.9. The molecule has 0 N–H and O–H groups in total. The molecule has 0 radical (unpaired) electrons. The summed E-state index contributed by atoms with van der Waals surface area (Å²) in [5.74, 6) is -1.16. The number of rotatable bonds is 47. The summed E-state index contributed by atoms with van der Waals surface area (Å²) in [6.07, 6.45) is 38.4. The number of hydrogen-bond donors (Lipinski definition) is 0. The van der Waals surface area contributed by atoms with E-state index in [4.69, 9.17) is 28.4 Å². The molecule has 0 aromatic heterocycles. The minimum atomic E-state index is -0.777. The highest BCUT2D eigenvalue weighted by atomic mass is 16.7. The van der Waals surface area contributed by atoms with Crippen LogP contribution in [0.25, 0.3) is 0 Å². The van der Waals surface area contributed by atoms with Crippen LogP contribution in [0.4, 0.5) is 4.79 Å². The standard InChI is InChI=1S/C52H97NO9/c1-6-11-14-17-20-21-22-23-24-25-26-27-28-30-33-38-49(54)60-45-48(47-62-52(56)59-44-37-41-53(9-4)10-5)46-61-50(55)39-36-40-51(57-42-34-31-19-16-13-8-3)58-43-35-32-29-18-15-12-7-2/h20-21,23-24,48,51H,6-19,22,25-47H2,1-5H3/b21-20-,24-23-. The summed E-state index contributed by atoms with van der Waals surface area (Å²) >= 11 is 0. The summed E-state index contributed by atoms with van der Waals surface area (Å²) in [7, 11) is 0. The largest absolute Gasteiger partial charge is 0.508 e. The van der Waals surface area contributed by atoms with E-state index in [1.807, 2.05) is 0 Å². The molecule has 0 bridgehead atoms. The second-order valence-electron chi connectivity index (χ2n) is 17.0. The van der Waals surface area contributed by atoms with Gasteiger partial charge in [0.2, 0.25) is 0 Å². The van der Waals surface area contributed by atoms with Gasteiger partial charge in [0.05, 0.1) is 12.5 Å². The van der Waals surface area contributed by atoms with Crippen molar-refractivity contribution in [3.05, 3.63) is 24.3 Å². The van der Waals surface area contributed by atoms with E-state index in [0.29, 0.717) is 38.9 Å². The van der Waals surface area contributed by atoms with Crippen molar-refractivity contribution in [1.29, 1.82) is 0 Å². The predicted molar refractivity (Wildman–Crippen MR) is 255 cm³/mol. The Morgan fingerprint density at radius 2 is 0.903 bits per heavy atom. The number of ether oxygens (including phenoxy) is 6. The van der Waals surface area contributed by atoms with Crippen molar-refractivity contribution in [3.63, 3.8) is 0 Å². The van der Waals surface area contributed by atoms with E-state index in [9.17, 15) is 14.4 Å². The van der Waals surface area contributed by atoms with Crippen molar-refractivity contribution in [2.75, 3.05) is 59.3 Å². The normalized spacial score (nSPS) is 12.7. The van der Waals surface area contributed by atoms with E-state index in [2.05, 4.69) is 63.8 Å². The van der Waals surface area contributed by atoms with Crippen LogP contribution >= 0.6 is 0 Å². The monoisotopic (exact) mass is 880 g/mol. The number of carbonyl (C=O) groups is 3. The highest BCUT2D eigenvalue weighted by Crippen LogP contribution is 2.15. The average molecular weight is 880 g/mol. The molecule has 0 saturated heterocycles. The molecule has 0 heterocycles. The molecule has 0 spiro atoms. The Morgan fingerprint density at radius 3 is 1.45 bits per heavy atom. The molecule has 2 atom stereocenters. The summed E-state index contributed by atoms with van der Waals surface area (Å²) in [6.45, 7) is 15.1. The zero-order chi connectivity index (χ0) is 45.4. The smallest absolute Gasteiger partial charge is 0.465 e. The average Bonchev–Trinajstić information content (AvgIpc) is 3.27. The quantitative estimate of drug-likeness (QED) is 0.0193. The highest BCUT2D eigenvalue weighted by Gasteiger charge is 2.19. The summed E-state index contributed by atoms with van der Waals surface area (Å²) in [5.41, 5.74) is 0. The van der Waals surface area contributed by atoms with E-state index in [1.165, 1.54) is 83.5 Å².